The van der Waals surface area contributed by atoms with Crippen LogP contribution < -0.4 is 15.4 Å². The van der Waals surface area contributed by atoms with Crippen molar-refractivity contribution in [3.8, 4) is 5.75 Å². The minimum absolute atomic E-state index is 0.179. The highest BCUT2D eigenvalue weighted by molar-refractivity contribution is 6.44. The van der Waals surface area contributed by atoms with Crippen molar-refractivity contribution < 1.29 is 23.9 Å². The van der Waals surface area contributed by atoms with Gasteiger partial charge in [0.1, 0.15) is 11.8 Å². The number of esters is 1. The zero-order valence-electron chi connectivity index (χ0n) is 16.6. The van der Waals surface area contributed by atoms with Gasteiger partial charge in [0, 0.05) is 6.08 Å². The van der Waals surface area contributed by atoms with E-state index in [9.17, 15) is 14.4 Å². The van der Waals surface area contributed by atoms with Gasteiger partial charge in [-0.1, -0.05) is 46.9 Å². The second-order valence-corrected chi connectivity index (χ2v) is 7.46. The van der Waals surface area contributed by atoms with E-state index in [1.54, 1.807) is 37.5 Å². The molecule has 164 valence electrons. The second kappa shape index (κ2) is 11.6. The van der Waals surface area contributed by atoms with Gasteiger partial charge < -0.3 is 20.1 Å². The molecular weight excluding hydrogens is 467 g/mol. The third kappa shape index (κ3) is 7.79. The van der Waals surface area contributed by atoms with Gasteiger partial charge in [-0.25, -0.2) is 4.79 Å². The van der Waals surface area contributed by atoms with E-state index in [4.69, 9.17) is 44.3 Å². The van der Waals surface area contributed by atoms with E-state index in [-0.39, 0.29) is 20.8 Å². The molecule has 2 N–H and O–H groups in total. The minimum atomic E-state index is -0.964. The molecule has 0 heterocycles. The number of methoxy groups -OCH3 is 1. The number of ether oxygens (including phenoxy) is 2. The number of benzene rings is 2. The van der Waals surface area contributed by atoms with E-state index in [0.29, 0.717) is 5.75 Å². The fourth-order valence-electron chi connectivity index (χ4n) is 2.27. The van der Waals surface area contributed by atoms with Crippen LogP contribution in [0.25, 0.3) is 6.08 Å². The van der Waals surface area contributed by atoms with Crippen LogP contribution in [0.15, 0.2) is 42.5 Å². The van der Waals surface area contributed by atoms with Crippen LogP contribution in [-0.4, -0.2) is 37.5 Å². The predicted molar refractivity (Wildman–Crippen MR) is 121 cm³/mol. The molecule has 0 aromatic heterocycles. The van der Waals surface area contributed by atoms with Crippen molar-refractivity contribution in [3.63, 3.8) is 0 Å². The Balaban J connectivity index is 1.80. The first-order valence-electron chi connectivity index (χ1n) is 8.93. The lowest BCUT2D eigenvalue weighted by Gasteiger charge is -2.13. The number of anilines is 1. The van der Waals surface area contributed by atoms with Crippen LogP contribution in [-0.2, 0) is 19.1 Å². The van der Waals surface area contributed by atoms with Crippen molar-refractivity contribution >= 4 is 64.3 Å². The second-order valence-electron chi connectivity index (χ2n) is 6.24. The number of carbonyl (C=O) groups excluding carboxylic acids is 3. The van der Waals surface area contributed by atoms with Crippen LogP contribution in [0.2, 0.25) is 15.1 Å². The van der Waals surface area contributed by atoms with Crippen LogP contribution in [0.5, 0.6) is 5.75 Å². The summed E-state index contributed by atoms with van der Waals surface area (Å²) in [5.41, 5.74) is 1.01. The lowest BCUT2D eigenvalue weighted by atomic mass is 10.2. The number of amides is 2. The first-order chi connectivity index (χ1) is 14.7. The maximum atomic E-state index is 12.0. The molecule has 0 bridgehead atoms. The maximum absolute atomic E-state index is 12.0. The van der Waals surface area contributed by atoms with Crippen LogP contribution in [0, 0.1) is 0 Å². The number of halogens is 3. The van der Waals surface area contributed by atoms with Crippen LogP contribution >= 0.6 is 34.8 Å². The van der Waals surface area contributed by atoms with Gasteiger partial charge in [0.05, 0.1) is 27.9 Å². The summed E-state index contributed by atoms with van der Waals surface area (Å²) in [4.78, 5) is 36.0. The SMILES string of the molecule is COc1ccc(C=CC(=O)NC(C)C(=O)OCC(=O)Nc2cc(Cl)c(Cl)cc2Cl)cc1. The summed E-state index contributed by atoms with van der Waals surface area (Å²) in [7, 11) is 1.56. The van der Waals surface area contributed by atoms with Crippen molar-refractivity contribution in [2.45, 2.75) is 13.0 Å². The number of carbonyl (C=O) groups is 3. The zero-order valence-corrected chi connectivity index (χ0v) is 18.8. The van der Waals surface area contributed by atoms with E-state index < -0.39 is 30.4 Å². The average Bonchev–Trinajstić information content (AvgIpc) is 2.74. The van der Waals surface area contributed by atoms with Crippen molar-refractivity contribution in [3.05, 3.63) is 63.1 Å². The third-order valence-electron chi connectivity index (χ3n) is 3.88. The van der Waals surface area contributed by atoms with Gasteiger partial charge in [0.2, 0.25) is 5.91 Å². The first kappa shape index (κ1) is 24.5. The van der Waals surface area contributed by atoms with Crippen molar-refractivity contribution in [2.24, 2.45) is 0 Å². The molecule has 2 aromatic carbocycles. The highest BCUT2D eigenvalue weighted by atomic mass is 35.5. The summed E-state index contributed by atoms with van der Waals surface area (Å²) in [6.07, 6.45) is 2.87. The van der Waals surface area contributed by atoms with Gasteiger partial charge in [0.25, 0.3) is 5.91 Å². The van der Waals surface area contributed by atoms with E-state index >= 15 is 0 Å². The number of rotatable bonds is 8. The molecule has 2 rings (SSSR count). The summed E-state index contributed by atoms with van der Waals surface area (Å²) in [6.45, 7) is 0.868. The normalized spacial score (nSPS) is 11.6. The molecule has 1 unspecified atom stereocenters. The molecule has 2 aromatic rings. The van der Waals surface area contributed by atoms with Gasteiger partial charge in [-0.2, -0.15) is 0 Å². The Morgan fingerprint density at radius 2 is 1.68 bits per heavy atom. The van der Waals surface area contributed by atoms with Crippen LogP contribution in [0.4, 0.5) is 5.69 Å². The van der Waals surface area contributed by atoms with Crippen molar-refractivity contribution in [2.75, 3.05) is 19.0 Å². The van der Waals surface area contributed by atoms with Gasteiger partial charge in [-0.05, 0) is 42.8 Å². The lowest BCUT2D eigenvalue weighted by molar-refractivity contribution is -0.149. The molecule has 0 aliphatic carbocycles. The minimum Gasteiger partial charge on any atom is -0.497 e. The Morgan fingerprint density at radius 1 is 1.03 bits per heavy atom. The summed E-state index contributed by atoms with van der Waals surface area (Å²) < 4.78 is 9.98. The summed E-state index contributed by atoms with van der Waals surface area (Å²) >= 11 is 17.7. The Labute approximate surface area is 194 Å². The quantitative estimate of drug-likeness (QED) is 0.329. The topological polar surface area (TPSA) is 93.7 Å². The summed E-state index contributed by atoms with van der Waals surface area (Å²) in [6, 6.07) is 8.86. The van der Waals surface area contributed by atoms with Gasteiger partial charge >= 0.3 is 5.97 Å². The Morgan fingerprint density at radius 3 is 2.32 bits per heavy atom. The van der Waals surface area contributed by atoms with Gasteiger partial charge in [-0.3, -0.25) is 9.59 Å². The molecule has 0 saturated carbocycles. The van der Waals surface area contributed by atoms with Crippen LogP contribution in [0.3, 0.4) is 0 Å². The molecular formula is C21H19Cl3N2O5. The number of hydrogen-bond donors (Lipinski definition) is 2. The highest BCUT2D eigenvalue weighted by Crippen LogP contribution is 2.32. The molecule has 0 saturated heterocycles. The Kier molecular flexibility index (Phi) is 9.18. The summed E-state index contributed by atoms with van der Waals surface area (Å²) in [5, 5.41) is 5.54. The van der Waals surface area contributed by atoms with Gasteiger partial charge in [0.15, 0.2) is 6.61 Å². The number of hydrogen-bond acceptors (Lipinski definition) is 5. The molecule has 0 spiro atoms. The maximum Gasteiger partial charge on any atom is 0.328 e. The first-order valence-corrected chi connectivity index (χ1v) is 10.1. The molecule has 0 fully saturated rings. The zero-order chi connectivity index (χ0) is 23.0. The van der Waals surface area contributed by atoms with E-state index in [0.717, 1.165) is 5.56 Å². The standard InChI is InChI=1S/C21H19Cl3N2O5/c1-12(25-19(27)8-5-13-3-6-14(30-2)7-4-13)21(29)31-11-20(28)26-18-10-16(23)15(22)9-17(18)24/h3-10,12H,11H2,1-2H3,(H,25,27)(H,26,28). The van der Waals surface area contributed by atoms with Crippen molar-refractivity contribution in [1.82, 2.24) is 5.32 Å². The highest BCUT2D eigenvalue weighted by Gasteiger charge is 2.18. The van der Waals surface area contributed by atoms with Crippen molar-refractivity contribution in [1.29, 1.82) is 0 Å². The third-order valence-corrected chi connectivity index (χ3v) is 4.92. The molecule has 0 radical (unpaired) electrons. The summed E-state index contributed by atoms with van der Waals surface area (Å²) in [5.74, 6) is -1.20. The van der Waals surface area contributed by atoms with Gasteiger partial charge in [-0.15, -0.1) is 0 Å². The number of nitrogens with one attached hydrogen (secondary N) is 2. The predicted octanol–water partition coefficient (Wildman–Crippen LogP) is 4.36. The van der Waals surface area contributed by atoms with E-state index in [2.05, 4.69) is 10.6 Å². The molecule has 0 aliphatic heterocycles. The lowest BCUT2D eigenvalue weighted by Crippen LogP contribution is -2.39. The molecule has 2 amide bonds. The largest absolute Gasteiger partial charge is 0.497 e. The average molecular weight is 486 g/mol. The van der Waals surface area contributed by atoms with Crippen LogP contribution in [0.1, 0.15) is 12.5 Å². The Bertz CT molecular complexity index is 993. The fourth-order valence-corrected chi connectivity index (χ4v) is 2.87. The molecule has 31 heavy (non-hydrogen) atoms. The molecule has 0 aliphatic rings. The van der Waals surface area contributed by atoms with E-state index in [1.807, 2.05) is 0 Å². The smallest absolute Gasteiger partial charge is 0.328 e. The fraction of sp³-hybridized carbons (Fsp3) is 0.190. The molecule has 7 nitrogen and oxygen atoms in total. The molecule has 1 atom stereocenters. The Hall–Kier alpha value is -2.74. The monoisotopic (exact) mass is 484 g/mol. The molecule has 10 heteroatoms. The van der Waals surface area contributed by atoms with E-state index in [1.165, 1.54) is 25.1 Å².